The number of fused-ring (bicyclic) bond motifs is 9. The third-order valence-electron chi connectivity index (χ3n) is 10.3. The highest BCUT2D eigenvalue weighted by atomic mass is 16.3. The standard InChI is InChI=1S/C47H29N3O2/c1-2-11-30(12-3-1)45-48-46(32-21-20-29-19-18-28-10-4-5-13-33(28)39(29)26-32)50-47(49-45)38-25-24-34(44-43(38)37-15-7-9-17-41(37)52-44)31-22-23-36-35-14-6-8-16-40(35)51-42(36)27-31/h1-27,47H,(H,48,49,50). The average Bonchev–Trinajstić information content (AvgIpc) is 3.79. The van der Waals surface area contributed by atoms with Gasteiger partial charge in [-0.2, -0.15) is 0 Å². The number of nitrogens with one attached hydrogen (secondary N) is 1. The van der Waals surface area contributed by atoms with E-state index >= 15 is 0 Å². The van der Waals surface area contributed by atoms with Gasteiger partial charge in [0.15, 0.2) is 5.84 Å². The SMILES string of the molecule is c1ccc(C2=NC(c3ccc(-c4ccc5c(c4)oc4ccccc45)c4oc5ccccc5c34)NC(c3ccc4ccc5ccccc5c4c3)=N2)cc1. The van der Waals surface area contributed by atoms with Crippen molar-refractivity contribution in [3.05, 3.63) is 180 Å². The second-order valence-electron chi connectivity index (χ2n) is 13.4. The van der Waals surface area contributed by atoms with Gasteiger partial charge < -0.3 is 14.2 Å². The number of hydrogen-bond acceptors (Lipinski definition) is 5. The lowest BCUT2D eigenvalue weighted by molar-refractivity contribution is 0.663. The Labute approximate surface area is 298 Å². The quantitative estimate of drug-likeness (QED) is 0.190. The minimum Gasteiger partial charge on any atom is -0.456 e. The van der Waals surface area contributed by atoms with Crippen LogP contribution in [-0.2, 0) is 0 Å². The number of benzene rings is 8. The lowest BCUT2D eigenvalue weighted by atomic mass is 9.96. The molecule has 1 atom stereocenters. The van der Waals surface area contributed by atoms with Crippen molar-refractivity contribution >= 4 is 77.1 Å². The molecule has 52 heavy (non-hydrogen) atoms. The van der Waals surface area contributed by atoms with E-state index in [1.54, 1.807) is 0 Å². The molecule has 10 aromatic rings. The van der Waals surface area contributed by atoms with E-state index < -0.39 is 6.17 Å². The fourth-order valence-electron chi connectivity index (χ4n) is 7.82. The van der Waals surface area contributed by atoms with Crippen molar-refractivity contribution in [2.45, 2.75) is 6.17 Å². The van der Waals surface area contributed by atoms with Gasteiger partial charge in [0, 0.05) is 43.8 Å². The molecule has 2 aromatic heterocycles. The van der Waals surface area contributed by atoms with Crippen molar-refractivity contribution < 1.29 is 8.83 Å². The number of furan rings is 2. The van der Waals surface area contributed by atoms with Crippen molar-refractivity contribution in [3.8, 4) is 11.1 Å². The fourth-order valence-corrected chi connectivity index (χ4v) is 7.82. The van der Waals surface area contributed by atoms with E-state index in [2.05, 4.69) is 121 Å². The molecule has 244 valence electrons. The summed E-state index contributed by atoms with van der Waals surface area (Å²) in [7, 11) is 0. The zero-order valence-corrected chi connectivity index (χ0v) is 27.9. The van der Waals surface area contributed by atoms with Crippen LogP contribution in [0.2, 0.25) is 0 Å². The summed E-state index contributed by atoms with van der Waals surface area (Å²) in [5.41, 5.74) is 8.37. The maximum atomic E-state index is 6.72. The van der Waals surface area contributed by atoms with Crippen molar-refractivity contribution in [2.24, 2.45) is 9.98 Å². The van der Waals surface area contributed by atoms with Gasteiger partial charge in [0.1, 0.15) is 34.3 Å². The molecule has 1 unspecified atom stereocenters. The van der Waals surface area contributed by atoms with Crippen LogP contribution in [0.4, 0.5) is 0 Å². The molecule has 0 radical (unpaired) electrons. The molecule has 0 spiro atoms. The molecule has 0 saturated heterocycles. The highest BCUT2D eigenvalue weighted by molar-refractivity contribution is 6.17. The lowest BCUT2D eigenvalue weighted by Crippen LogP contribution is -2.33. The second-order valence-corrected chi connectivity index (χ2v) is 13.4. The molecule has 11 rings (SSSR count). The molecule has 1 N–H and O–H groups in total. The number of rotatable bonds is 4. The van der Waals surface area contributed by atoms with Crippen molar-refractivity contribution in [3.63, 3.8) is 0 Å². The Morgan fingerprint density at radius 1 is 0.462 bits per heavy atom. The smallest absolute Gasteiger partial charge is 0.159 e. The summed E-state index contributed by atoms with van der Waals surface area (Å²) in [6.45, 7) is 0. The maximum Gasteiger partial charge on any atom is 0.159 e. The van der Waals surface area contributed by atoms with E-state index in [0.717, 1.165) is 77.5 Å². The number of nitrogens with zero attached hydrogens (tertiary/aromatic N) is 2. The average molecular weight is 668 g/mol. The number of aliphatic imine (C=N–C) groups is 2. The molecule has 5 nitrogen and oxygen atoms in total. The highest BCUT2D eigenvalue weighted by Crippen LogP contribution is 2.42. The number of hydrogen-bond donors (Lipinski definition) is 1. The van der Waals surface area contributed by atoms with Gasteiger partial charge in [0.25, 0.3) is 0 Å². The van der Waals surface area contributed by atoms with Crippen LogP contribution in [0.25, 0.3) is 76.5 Å². The molecule has 0 aliphatic carbocycles. The summed E-state index contributed by atoms with van der Waals surface area (Å²) in [6.07, 6.45) is -0.429. The Balaban J connectivity index is 1.09. The van der Waals surface area contributed by atoms with Crippen LogP contribution in [0, 0.1) is 0 Å². The van der Waals surface area contributed by atoms with E-state index in [9.17, 15) is 0 Å². The molecule has 1 aliphatic rings. The Hall–Kier alpha value is -6.98. The first-order valence-corrected chi connectivity index (χ1v) is 17.5. The summed E-state index contributed by atoms with van der Waals surface area (Å²) in [6, 6.07) is 56.8. The summed E-state index contributed by atoms with van der Waals surface area (Å²) < 4.78 is 13.0. The predicted octanol–water partition coefficient (Wildman–Crippen LogP) is 12.0. The Morgan fingerprint density at radius 2 is 1.13 bits per heavy atom. The van der Waals surface area contributed by atoms with Gasteiger partial charge in [-0.1, -0.05) is 133 Å². The Morgan fingerprint density at radius 3 is 2.00 bits per heavy atom. The third-order valence-corrected chi connectivity index (χ3v) is 10.3. The molecular weight excluding hydrogens is 639 g/mol. The van der Waals surface area contributed by atoms with E-state index in [-0.39, 0.29) is 0 Å². The van der Waals surface area contributed by atoms with Crippen LogP contribution < -0.4 is 5.32 Å². The Kier molecular flexibility index (Phi) is 6.25. The molecular formula is C47H29N3O2. The topological polar surface area (TPSA) is 63.0 Å². The molecule has 0 saturated carbocycles. The zero-order chi connectivity index (χ0) is 34.2. The van der Waals surface area contributed by atoms with Crippen LogP contribution in [0.3, 0.4) is 0 Å². The summed E-state index contributed by atoms with van der Waals surface area (Å²) in [5, 5.41) is 12.8. The number of amidine groups is 2. The van der Waals surface area contributed by atoms with Crippen molar-refractivity contribution in [1.82, 2.24) is 5.32 Å². The molecule has 0 fully saturated rings. The van der Waals surface area contributed by atoms with Crippen molar-refractivity contribution in [1.29, 1.82) is 0 Å². The summed E-state index contributed by atoms with van der Waals surface area (Å²) in [5.74, 6) is 1.45. The monoisotopic (exact) mass is 667 g/mol. The first-order valence-electron chi connectivity index (χ1n) is 17.5. The number of para-hydroxylation sites is 2. The summed E-state index contributed by atoms with van der Waals surface area (Å²) >= 11 is 0. The van der Waals surface area contributed by atoms with Gasteiger partial charge >= 0.3 is 0 Å². The minimum absolute atomic E-state index is 0.429. The van der Waals surface area contributed by atoms with Crippen LogP contribution in [-0.4, -0.2) is 11.7 Å². The van der Waals surface area contributed by atoms with E-state index in [1.807, 2.05) is 48.5 Å². The van der Waals surface area contributed by atoms with Gasteiger partial charge in [-0.25, -0.2) is 9.98 Å². The molecule has 0 amide bonds. The maximum absolute atomic E-state index is 6.72. The van der Waals surface area contributed by atoms with Crippen LogP contribution in [0.15, 0.2) is 183 Å². The molecule has 3 heterocycles. The van der Waals surface area contributed by atoms with E-state index in [1.165, 1.54) is 21.5 Å². The zero-order valence-electron chi connectivity index (χ0n) is 27.9. The van der Waals surface area contributed by atoms with Crippen molar-refractivity contribution in [2.75, 3.05) is 0 Å². The minimum atomic E-state index is -0.429. The molecule has 1 aliphatic heterocycles. The van der Waals surface area contributed by atoms with E-state index in [0.29, 0.717) is 5.84 Å². The van der Waals surface area contributed by atoms with Gasteiger partial charge in [-0.05, 0) is 57.4 Å². The van der Waals surface area contributed by atoms with Crippen LogP contribution in [0.1, 0.15) is 22.9 Å². The van der Waals surface area contributed by atoms with Gasteiger partial charge in [0.2, 0.25) is 0 Å². The first kappa shape index (κ1) is 28.8. The lowest BCUT2D eigenvalue weighted by Gasteiger charge is -2.25. The predicted molar refractivity (Wildman–Crippen MR) is 213 cm³/mol. The molecule has 8 aromatic carbocycles. The summed E-state index contributed by atoms with van der Waals surface area (Å²) in [4.78, 5) is 10.4. The largest absolute Gasteiger partial charge is 0.456 e. The normalized spacial score (nSPS) is 14.7. The second kappa shape index (κ2) is 11.3. The molecule has 5 heteroatoms. The van der Waals surface area contributed by atoms with Gasteiger partial charge in [-0.15, -0.1) is 0 Å². The van der Waals surface area contributed by atoms with Crippen LogP contribution >= 0.6 is 0 Å². The first-order chi connectivity index (χ1) is 25.7. The highest BCUT2D eigenvalue weighted by Gasteiger charge is 2.26. The molecule has 0 bridgehead atoms. The van der Waals surface area contributed by atoms with E-state index in [4.69, 9.17) is 18.8 Å². The van der Waals surface area contributed by atoms with Gasteiger partial charge in [0.05, 0.1) is 0 Å². The Bertz CT molecular complexity index is 3110. The third kappa shape index (κ3) is 4.49. The van der Waals surface area contributed by atoms with Crippen LogP contribution in [0.5, 0.6) is 0 Å². The fraction of sp³-hybridized carbons (Fsp3) is 0.0213. The van der Waals surface area contributed by atoms with Gasteiger partial charge in [-0.3, -0.25) is 0 Å².